The van der Waals surface area contributed by atoms with Gasteiger partial charge in [-0.15, -0.1) is 0 Å². The molecule has 5 heteroatoms. The maximum absolute atomic E-state index is 5.27. The molecule has 0 atom stereocenters. The Labute approximate surface area is 143 Å². The summed E-state index contributed by atoms with van der Waals surface area (Å²) in [6.07, 6.45) is 5.44. The lowest BCUT2D eigenvalue weighted by atomic mass is 10.1. The average molecular weight is 336 g/mol. The third-order valence-corrected chi connectivity index (χ3v) is 7.08. The van der Waals surface area contributed by atoms with Gasteiger partial charge in [0.15, 0.2) is 0 Å². The summed E-state index contributed by atoms with van der Waals surface area (Å²) in [4.78, 5) is 14.0. The second-order valence-corrected chi connectivity index (χ2v) is 9.32. The van der Waals surface area contributed by atoms with Gasteiger partial charge < -0.3 is 0 Å². The molecule has 3 rings (SSSR count). The lowest BCUT2D eigenvalue weighted by Crippen LogP contribution is -2.32. The number of hydrogen-bond acceptors (Lipinski definition) is 4. The van der Waals surface area contributed by atoms with Gasteiger partial charge in [0.25, 0.3) is 0 Å². The number of pyridine rings is 3. The first-order chi connectivity index (χ1) is 11.5. The fourth-order valence-corrected chi connectivity index (χ4v) is 6.11. The van der Waals surface area contributed by atoms with Crippen LogP contribution in [0.15, 0.2) is 77.9 Å². The summed E-state index contributed by atoms with van der Waals surface area (Å²) in [7, 11) is -2.38. The van der Waals surface area contributed by atoms with E-state index in [1.165, 1.54) is 0 Å². The summed E-state index contributed by atoms with van der Waals surface area (Å²) in [6, 6.07) is 17.9. The zero-order chi connectivity index (χ0) is 17.0. The Kier molecular flexibility index (Phi) is 4.59. The average Bonchev–Trinajstić information content (AvgIpc) is 2.61. The highest BCUT2D eigenvalue weighted by atomic mass is 31.2. The van der Waals surface area contributed by atoms with Crippen molar-refractivity contribution in [2.45, 2.75) is 26.3 Å². The van der Waals surface area contributed by atoms with Crippen LogP contribution in [0.4, 0.5) is 0 Å². The molecule has 0 aliphatic carbocycles. The topological polar surface area (TPSA) is 51.0 Å². The van der Waals surface area contributed by atoms with Crippen molar-refractivity contribution in [3.05, 3.63) is 73.2 Å². The van der Waals surface area contributed by atoms with Gasteiger partial charge in [0.1, 0.15) is 7.05 Å². The van der Waals surface area contributed by atoms with Crippen LogP contribution in [0.25, 0.3) is 0 Å². The molecule has 0 aromatic carbocycles. The number of hydrogen-bond donors (Lipinski definition) is 0. The maximum Gasteiger partial charge on any atom is 0.108 e. The molecule has 0 fully saturated rings. The first kappa shape index (κ1) is 16.5. The zero-order valence-electron chi connectivity index (χ0n) is 14.2. The van der Waals surface area contributed by atoms with Crippen molar-refractivity contribution in [1.29, 1.82) is 0 Å². The van der Waals surface area contributed by atoms with Crippen LogP contribution in [-0.2, 0) is 0 Å². The van der Waals surface area contributed by atoms with Crippen LogP contribution < -0.4 is 16.3 Å². The Hall–Kier alpha value is -2.32. The van der Waals surface area contributed by atoms with E-state index in [-0.39, 0.29) is 5.54 Å². The number of nitrogens with zero attached hydrogens (tertiary/aromatic N) is 4. The summed E-state index contributed by atoms with van der Waals surface area (Å²) in [5.74, 6) is 0. The molecule has 3 aromatic rings. The van der Waals surface area contributed by atoms with Crippen LogP contribution in [0.2, 0.25) is 0 Å². The minimum atomic E-state index is -2.38. The fraction of sp³-hybridized carbons (Fsp3) is 0.211. The molecule has 0 bridgehead atoms. The van der Waals surface area contributed by atoms with E-state index in [0.29, 0.717) is 0 Å². The molecule has 0 saturated carbocycles. The quantitative estimate of drug-likeness (QED) is 0.691. The van der Waals surface area contributed by atoms with Crippen LogP contribution in [0.3, 0.4) is 0 Å². The third-order valence-electron chi connectivity index (χ3n) is 3.39. The SMILES string of the molecule is CC(C)(C)N=P(c1ccccn1)(c1ccccn1)c1ccccn1. The summed E-state index contributed by atoms with van der Waals surface area (Å²) < 4.78 is 5.27. The van der Waals surface area contributed by atoms with Crippen LogP contribution in [0.1, 0.15) is 20.8 Å². The highest BCUT2D eigenvalue weighted by Gasteiger charge is 2.33. The van der Waals surface area contributed by atoms with Crippen molar-refractivity contribution in [2.75, 3.05) is 0 Å². The van der Waals surface area contributed by atoms with Gasteiger partial charge in [0, 0.05) is 18.6 Å². The van der Waals surface area contributed by atoms with E-state index in [1.54, 1.807) is 0 Å². The Balaban J connectivity index is 2.45. The van der Waals surface area contributed by atoms with Gasteiger partial charge in [-0.2, -0.15) is 0 Å². The van der Waals surface area contributed by atoms with Crippen LogP contribution in [-0.4, -0.2) is 20.5 Å². The van der Waals surface area contributed by atoms with E-state index >= 15 is 0 Å². The summed E-state index contributed by atoms with van der Waals surface area (Å²) >= 11 is 0. The Morgan fingerprint density at radius 2 is 1.04 bits per heavy atom. The highest BCUT2D eigenvalue weighted by Crippen LogP contribution is 2.46. The molecule has 0 aliphatic heterocycles. The van der Waals surface area contributed by atoms with Crippen molar-refractivity contribution >= 4 is 23.4 Å². The van der Waals surface area contributed by atoms with E-state index in [2.05, 4.69) is 35.7 Å². The highest BCUT2D eigenvalue weighted by molar-refractivity contribution is 7.86. The molecule has 0 N–H and O–H groups in total. The normalized spacial score (nSPS) is 12.0. The molecule has 0 saturated heterocycles. The molecule has 0 unspecified atom stereocenters. The third kappa shape index (κ3) is 3.29. The molecule has 3 heterocycles. The first-order valence-electron chi connectivity index (χ1n) is 7.91. The van der Waals surface area contributed by atoms with E-state index < -0.39 is 7.05 Å². The molecular weight excluding hydrogens is 315 g/mol. The smallest absolute Gasteiger partial charge is 0.108 e. The molecule has 4 nitrogen and oxygen atoms in total. The van der Waals surface area contributed by atoms with Crippen molar-refractivity contribution in [3.63, 3.8) is 0 Å². The fourth-order valence-electron chi connectivity index (χ4n) is 2.59. The lowest BCUT2D eigenvalue weighted by Gasteiger charge is -2.28. The summed E-state index contributed by atoms with van der Waals surface area (Å²) in [6.45, 7) is 6.32. The largest absolute Gasteiger partial charge is 0.279 e. The molecule has 0 amide bonds. The summed E-state index contributed by atoms with van der Waals surface area (Å²) in [5, 5.41) is 0. The molecule has 0 aliphatic rings. The Morgan fingerprint density at radius 1 is 0.667 bits per heavy atom. The minimum Gasteiger partial charge on any atom is -0.279 e. The Morgan fingerprint density at radius 3 is 1.29 bits per heavy atom. The molecule has 0 radical (unpaired) electrons. The molecular formula is C19H21N4P. The van der Waals surface area contributed by atoms with Crippen LogP contribution in [0, 0.1) is 0 Å². The van der Waals surface area contributed by atoms with Gasteiger partial charge >= 0.3 is 0 Å². The van der Waals surface area contributed by atoms with Gasteiger partial charge in [-0.1, -0.05) is 18.2 Å². The van der Waals surface area contributed by atoms with E-state index in [9.17, 15) is 0 Å². The van der Waals surface area contributed by atoms with Gasteiger partial charge in [-0.05, 0) is 57.2 Å². The van der Waals surface area contributed by atoms with Gasteiger partial charge in [0.2, 0.25) is 0 Å². The van der Waals surface area contributed by atoms with Crippen molar-refractivity contribution in [3.8, 4) is 0 Å². The van der Waals surface area contributed by atoms with Gasteiger partial charge in [0.05, 0.1) is 21.8 Å². The number of rotatable bonds is 3. The molecule has 24 heavy (non-hydrogen) atoms. The van der Waals surface area contributed by atoms with Gasteiger partial charge in [-0.25, -0.2) is 0 Å². The van der Waals surface area contributed by atoms with E-state index in [0.717, 1.165) is 16.3 Å². The molecule has 122 valence electrons. The lowest BCUT2D eigenvalue weighted by molar-refractivity contribution is 0.591. The van der Waals surface area contributed by atoms with Gasteiger partial charge in [-0.3, -0.25) is 19.7 Å². The first-order valence-corrected chi connectivity index (χ1v) is 9.65. The van der Waals surface area contributed by atoms with Crippen molar-refractivity contribution < 1.29 is 0 Å². The van der Waals surface area contributed by atoms with Crippen molar-refractivity contribution in [1.82, 2.24) is 15.0 Å². The second kappa shape index (κ2) is 6.66. The Bertz CT molecular complexity index is 737. The van der Waals surface area contributed by atoms with E-state index in [4.69, 9.17) is 4.74 Å². The standard InChI is InChI=1S/C19H21N4P/c1-19(2,3)23-24(16-10-4-7-13-20-16,17-11-5-8-14-21-17)18-12-6-9-15-22-18/h4-15H,1-3H3. The molecule has 3 aromatic heterocycles. The van der Waals surface area contributed by atoms with Crippen molar-refractivity contribution in [2.24, 2.45) is 4.74 Å². The maximum atomic E-state index is 5.27. The number of aromatic nitrogens is 3. The zero-order valence-corrected chi connectivity index (χ0v) is 15.1. The second-order valence-electron chi connectivity index (χ2n) is 6.47. The predicted molar refractivity (Wildman–Crippen MR) is 101 cm³/mol. The van der Waals surface area contributed by atoms with E-state index in [1.807, 2.05) is 73.2 Å². The van der Waals surface area contributed by atoms with Crippen LogP contribution in [0.5, 0.6) is 0 Å². The summed E-state index contributed by atoms with van der Waals surface area (Å²) in [5.41, 5.74) is 2.53. The van der Waals surface area contributed by atoms with Crippen LogP contribution >= 0.6 is 7.05 Å². The predicted octanol–water partition coefficient (Wildman–Crippen LogP) is 3.15. The molecule has 0 spiro atoms. The monoisotopic (exact) mass is 336 g/mol. The minimum absolute atomic E-state index is 0.250.